The number of rotatable bonds is 2. The van der Waals surface area contributed by atoms with Gasteiger partial charge in [0, 0.05) is 16.3 Å². The molecule has 2 nitrogen and oxygen atoms in total. The van der Waals surface area contributed by atoms with E-state index in [1.54, 1.807) is 6.33 Å². The average molecular weight is 328 g/mol. The van der Waals surface area contributed by atoms with Crippen LogP contribution >= 0.6 is 0 Å². The first-order valence-corrected chi connectivity index (χ1v) is 11.8. The van der Waals surface area contributed by atoms with Crippen molar-refractivity contribution in [1.29, 1.82) is 0 Å². The minimum Gasteiger partial charge on any atom is -0.236 e. The zero-order valence-corrected chi connectivity index (χ0v) is 15.2. The summed E-state index contributed by atoms with van der Waals surface area (Å²) in [6, 6.07) is 21.3. The highest BCUT2D eigenvalue weighted by molar-refractivity contribution is 6.90. The number of hydrogen-bond donors (Lipinski definition) is 0. The van der Waals surface area contributed by atoms with Crippen LogP contribution in [0.1, 0.15) is 0 Å². The third-order valence-corrected chi connectivity index (χ3v) is 6.53. The molecule has 0 N–H and O–H groups in total. The Morgan fingerprint density at radius 2 is 1.54 bits per heavy atom. The summed E-state index contributed by atoms with van der Waals surface area (Å²) in [5.41, 5.74) is 3.21. The molecule has 0 unspecified atom stereocenters. The quantitative estimate of drug-likeness (QED) is 0.382. The van der Waals surface area contributed by atoms with Gasteiger partial charge >= 0.3 is 0 Å². The van der Waals surface area contributed by atoms with E-state index in [-0.39, 0.29) is 0 Å². The summed E-state index contributed by atoms with van der Waals surface area (Å²) >= 11 is 0. The lowest BCUT2D eigenvalue weighted by molar-refractivity contribution is 1.23. The normalized spacial score (nSPS) is 12.0. The third-order valence-electron chi connectivity index (χ3n) is 4.50. The number of hydrogen-bond acceptors (Lipinski definition) is 2. The second-order valence-corrected chi connectivity index (χ2v) is 12.2. The number of nitrogens with zero attached hydrogens (tertiary/aromatic N) is 2. The van der Waals surface area contributed by atoms with Crippen LogP contribution in [0.4, 0.5) is 0 Å². The Morgan fingerprint density at radius 1 is 0.750 bits per heavy atom. The molecule has 1 heterocycles. The first-order valence-electron chi connectivity index (χ1n) is 8.28. The molecule has 0 aliphatic heterocycles. The van der Waals surface area contributed by atoms with E-state index in [0.717, 1.165) is 22.2 Å². The van der Waals surface area contributed by atoms with E-state index in [2.05, 4.69) is 84.2 Å². The monoisotopic (exact) mass is 328 g/mol. The van der Waals surface area contributed by atoms with Crippen LogP contribution < -0.4 is 5.19 Å². The van der Waals surface area contributed by atoms with Crippen molar-refractivity contribution in [1.82, 2.24) is 9.97 Å². The van der Waals surface area contributed by atoms with Gasteiger partial charge in [-0.15, -0.1) is 0 Å². The van der Waals surface area contributed by atoms with Gasteiger partial charge in [-0.25, -0.2) is 9.97 Å². The minimum atomic E-state index is -1.47. The maximum Gasteiger partial charge on any atom is 0.116 e. The molecular formula is C21H20N2Si. The van der Waals surface area contributed by atoms with Gasteiger partial charge in [-0.2, -0.15) is 0 Å². The van der Waals surface area contributed by atoms with Crippen molar-refractivity contribution in [2.24, 2.45) is 0 Å². The smallest absolute Gasteiger partial charge is 0.116 e. The van der Waals surface area contributed by atoms with Crippen LogP contribution in [0.3, 0.4) is 0 Å². The van der Waals surface area contributed by atoms with E-state index < -0.39 is 8.07 Å². The van der Waals surface area contributed by atoms with Crippen LogP contribution in [0.15, 0.2) is 67.0 Å². The van der Waals surface area contributed by atoms with Crippen LogP contribution in [0.25, 0.3) is 32.9 Å². The summed E-state index contributed by atoms with van der Waals surface area (Å²) in [7, 11) is -1.47. The summed E-state index contributed by atoms with van der Waals surface area (Å²) in [5.74, 6) is 0. The van der Waals surface area contributed by atoms with Crippen molar-refractivity contribution in [2.75, 3.05) is 0 Å². The summed E-state index contributed by atoms with van der Waals surface area (Å²) in [4.78, 5) is 9.26. The standard InChI is InChI=1S/C21H20N2Si/c1-24(2,3)18-11-7-10-15-12-13-17-20(16-8-5-4-6-9-16)22-14-23-21(17)19(15)18/h4-14H,1-3H3. The van der Waals surface area contributed by atoms with E-state index in [9.17, 15) is 0 Å². The molecule has 0 bridgehead atoms. The van der Waals surface area contributed by atoms with Gasteiger partial charge in [-0.3, -0.25) is 0 Å². The predicted molar refractivity (Wildman–Crippen MR) is 105 cm³/mol. The second-order valence-electron chi connectivity index (χ2n) is 7.20. The van der Waals surface area contributed by atoms with Gasteiger partial charge in [0.15, 0.2) is 0 Å². The first kappa shape index (κ1) is 15.0. The third kappa shape index (κ3) is 2.41. The molecule has 0 spiro atoms. The molecule has 0 saturated heterocycles. The molecule has 24 heavy (non-hydrogen) atoms. The highest BCUT2D eigenvalue weighted by Crippen LogP contribution is 2.30. The molecule has 118 valence electrons. The second kappa shape index (κ2) is 5.53. The fourth-order valence-electron chi connectivity index (χ4n) is 3.35. The fourth-order valence-corrected chi connectivity index (χ4v) is 4.96. The lowest BCUT2D eigenvalue weighted by Gasteiger charge is -2.20. The molecule has 0 radical (unpaired) electrons. The van der Waals surface area contributed by atoms with Gasteiger partial charge in [-0.1, -0.05) is 79.4 Å². The van der Waals surface area contributed by atoms with Gasteiger partial charge in [0.25, 0.3) is 0 Å². The Kier molecular flexibility index (Phi) is 3.46. The molecule has 0 aliphatic carbocycles. The number of aromatic nitrogens is 2. The number of benzene rings is 3. The molecule has 3 aromatic carbocycles. The zero-order valence-electron chi connectivity index (χ0n) is 14.2. The van der Waals surface area contributed by atoms with E-state index in [0.29, 0.717) is 0 Å². The van der Waals surface area contributed by atoms with Crippen LogP contribution in [0.5, 0.6) is 0 Å². The SMILES string of the molecule is C[Si](C)(C)c1cccc2ccc3c(-c4ccccc4)ncnc3c12. The summed E-state index contributed by atoms with van der Waals surface area (Å²) in [6.07, 6.45) is 1.70. The van der Waals surface area contributed by atoms with Gasteiger partial charge in [-0.05, 0) is 11.5 Å². The maximum atomic E-state index is 4.68. The van der Waals surface area contributed by atoms with Crippen molar-refractivity contribution in [3.8, 4) is 11.3 Å². The molecule has 0 aliphatic rings. The molecule has 3 heteroatoms. The largest absolute Gasteiger partial charge is 0.236 e. The van der Waals surface area contributed by atoms with Gasteiger partial charge in [0.2, 0.25) is 0 Å². The maximum absolute atomic E-state index is 4.68. The van der Waals surface area contributed by atoms with Gasteiger partial charge < -0.3 is 0 Å². The molecular weight excluding hydrogens is 308 g/mol. The Bertz CT molecular complexity index is 1030. The first-order chi connectivity index (χ1) is 11.6. The highest BCUT2D eigenvalue weighted by atomic mass is 28.3. The van der Waals surface area contributed by atoms with Crippen molar-refractivity contribution in [2.45, 2.75) is 19.6 Å². The number of fused-ring (bicyclic) bond motifs is 3. The Hall–Kier alpha value is -2.52. The summed E-state index contributed by atoms with van der Waals surface area (Å²) < 4.78 is 0. The highest BCUT2D eigenvalue weighted by Gasteiger charge is 2.21. The molecule has 0 fully saturated rings. The molecule has 4 aromatic rings. The van der Waals surface area contributed by atoms with E-state index in [1.807, 2.05) is 6.07 Å². The lowest BCUT2D eigenvalue weighted by Crippen LogP contribution is -2.38. The van der Waals surface area contributed by atoms with Crippen LogP contribution in [-0.2, 0) is 0 Å². The Labute approximate surface area is 143 Å². The van der Waals surface area contributed by atoms with Crippen LogP contribution in [-0.4, -0.2) is 18.0 Å². The molecule has 0 saturated carbocycles. The predicted octanol–water partition coefficient (Wildman–Crippen LogP) is 5.00. The van der Waals surface area contributed by atoms with Crippen LogP contribution in [0.2, 0.25) is 19.6 Å². The van der Waals surface area contributed by atoms with E-state index in [1.165, 1.54) is 16.0 Å². The van der Waals surface area contributed by atoms with E-state index >= 15 is 0 Å². The average Bonchev–Trinajstić information content (AvgIpc) is 2.60. The van der Waals surface area contributed by atoms with Gasteiger partial charge in [0.1, 0.15) is 6.33 Å². The summed E-state index contributed by atoms with van der Waals surface area (Å²) in [5, 5.41) is 5.15. The lowest BCUT2D eigenvalue weighted by atomic mass is 10.0. The molecule has 1 aromatic heterocycles. The fraction of sp³-hybridized carbons (Fsp3) is 0.143. The van der Waals surface area contributed by atoms with Crippen molar-refractivity contribution < 1.29 is 0 Å². The Balaban J connectivity index is 2.14. The van der Waals surface area contributed by atoms with Crippen LogP contribution in [0, 0.1) is 0 Å². The minimum absolute atomic E-state index is 1.01. The topological polar surface area (TPSA) is 25.8 Å². The van der Waals surface area contributed by atoms with Crippen molar-refractivity contribution >= 4 is 34.9 Å². The summed E-state index contributed by atoms with van der Waals surface area (Å²) in [6.45, 7) is 7.17. The molecule has 0 atom stereocenters. The molecule has 0 amide bonds. The van der Waals surface area contributed by atoms with Crippen molar-refractivity contribution in [3.63, 3.8) is 0 Å². The molecule has 4 rings (SSSR count). The van der Waals surface area contributed by atoms with E-state index in [4.69, 9.17) is 0 Å². The van der Waals surface area contributed by atoms with Crippen molar-refractivity contribution in [3.05, 3.63) is 67.0 Å². The van der Waals surface area contributed by atoms with Gasteiger partial charge in [0.05, 0.1) is 19.3 Å². The Morgan fingerprint density at radius 3 is 2.29 bits per heavy atom. The zero-order chi connectivity index (χ0) is 16.7.